The van der Waals surface area contributed by atoms with E-state index in [4.69, 9.17) is 18.0 Å². The van der Waals surface area contributed by atoms with Gasteiger partial charge in [-0.15, -0.1) is 0 Å². The van der Waals surface area contributed by atoms with E-state index in [1.807, 2.05) is 0 Å². The van der Waals surface area contributed by atoms with E-state index >= 15 is 0 Å². The minimum absolute atomic E-state index is 0.0240. The lowest BCUT2D eigenvalue weighted by Crippen LogP contribution is -2.18. The maximum Gasteiger partial charge on any atom is 0.167 e. The Kier molecular flexibility index (Phi) is 3.72. The Morgan fingerprint density at radius 1 is 1.44 bits per heavy atom. The van der Waals surface area contributed by atoms with E-state index in [0.29, 0.717) is 5.82 Å². The highest BCUT2D eigenvalue weighted by Gasteiger charge is 2.15. The maximum absolute atomic E-state index is 13.8. The normalized spacial score (nSPS) is 10.6. The van der Waals surface area contributed by atoms with Crippen LogP contribution in [0.25, 0.3) is 0 Å². The van der Waals surface area contributed by atoms with E-state index < -0.39 is 11.6 Å². The van der Waals surface area contributed by atoms with Gasteiger partial charge in [-0.3, -0.25) is 0 Å². The van der Waals surface area contributed by atoms with Crippen LogP contribution in [0, 0.1) is 11.6 Å². The van der Waals surface area contributed by atoms with Gasteiger partial charge in [0.05, 0.1) is 11.0 Å². The summed E-state index contributed by atoms with van der Waals surface area (Å²) in [4.78, 5) is 4.01. The molecule has 3 nitrogen and oxygen atoms in total. The quantitative estimate of drug-likeness (QED) is 0.694. The molecule has 0 aliphatic carbocycles. The zero-order valence-corrected chi connectivity index (χ0v) is 11.4. The Labute approximate surface area is 116 Å². The summed E-state index contributed by atoms with van der Waals surface area (Å²) in [7, 11) is 0. The molecule has 0 amide bonds. The molecule has 2 aromatic rings. The van der Waals surface area contributed by atoms with Gasteiger partial charge < -0.3 is 10.3 Å². The van der Waals surface area contributed by atoms with Gasteiger partial charge in [-0.2, -0.15) is 0 Å². The zero-order chi connectivity index (χ0) is 13.3. The van der Waals surface area contributed by atoms with Crippen molar-refractivity contribution in [2.75, 3.05) is 0 Å². The van der Waals surface area contributed by atoms with Gasteiger partial charge in [0.1, 0.15) is 16.6 Å². The molecule has 7 heteroatoms. The fourth-order valence-corrected chi connectivity index (χ4v) is 2.09. The summed E-state index contributed by atoms with van der Waals surface area (Å²) in [5.74, 6) is -0.945. The SMILES string of the molecule is NC(=S)c1nccn1Cc1c(F)ccc(Br)c1F. The van der Waals surface area contributed by atoms with Crippen molar-refractivity contribution in [1.82, 2.24) is 9.55 Å². The molecule has 2 rings (SSSR count). The molecule has 0 spiro atoms. The molecule has 2 N–H and O–H groups in total. The Balaban J connectivity index is 2.43. The molecule has 0 saturated carbocycles. The monoisotopic (exact) mass is 331 g/mol. The lowest BCUT2D eigenvalue weighted by Gasteiger charge is -2.09. The summed E-state index contributed by atoms with van der Waals surface area (Å²) in [6, 6.07) is 2.51. The highest BCUT2D eigenvalue weighted by molar-refractivity contribution is 9.10. The van der Waals surface area contributed by atoms with Crippen LogP contribution in [-0.4, -0.2) is 14.5 Å². The molecule has 0 bridgehead atoms. The molecule has 94 valence electrons. The van der Waals surface area contributed by atoms with Crippen molar-refractivity contribution in [3.8, 4) is 0 Å². The third kappa shape index (κ3) is 2.41. The molecule has 1 aromatic heterocycles. The van der Waals surface area contributed by atoms with Crippen molar-refractivity contribution in [3.63, 3.8) is 0 Å². The average molecular weight is 332 g/mol. The summed E-state index contributed by atoms with van der Waals surface area (Å²) in [6.45, 7) is -0.0240. The van der Waals surface area contributed by atoms with Gasteiger partial charge in [-0.25, -0.2) is 13.8 Å². The fourth-order valence-electron chi connectivity index (χ4n) is 1.55. The summed E-state index contributed by atoms with van der Waals surface area (Å²) in [5, 5.41) is 0. The van der Waals surface area contributed by atoms with Crippen LogP contribution in [0.3, 0.4) is 0 Å². The highest BCUT2D eigenvalue weighted by Crippen LogP contribution is 2.22. The van der Waals surface area contributed by atoms with Crippen LogP contribution in [0.2, 0.25) is 0 Å². The van der Waals surface area contributed by atoms with E-state index in [1.54, 1.807) is 6.20 Å². The number of hydrogen-bond acceptors (Lipinski definition) is 2. The van der Waals surface area contributed by atoms with Crippen LogP contribution in [0.1, 0.15) is 11.4 Å². The number of thiocarbonyl (C=S) groups is 1. The van der Waals surface area contributed by atoms with Crippen molar-refractivity contribution in [2.45, 2.75) is 6.54 Å². The summed E-state index contributed by atoms with van der Waals surface area (Å²) in [5.41, 5.74) is 5.40. The third-order valence-electron chi connectivity index (χ3n) is 2.40. The second kappa shape index (κ2) is 5.11. The molecule has 0 radical (unpaired) electrons. The van der Waals surface area contributed by atoms with Crippen LogP contribution in [0.5, 0.6) is 0 Å². The molecule has 0 aliphatic rings. The van der Waals surface area contributed by atoms with Crippen molar-refractivity contribution in [2.24, 2.45) is 5.73 Å². The number of hydrogen-bond donors (Lipinski definition) is 1. The summed E-state index contributed by atoms with van der Waals surface area (Å²) in [6.07, 6.45) is 3.04. The molecule has 18 heavy (non-hydrogen) atoms. The Hall–Kier alpha value is -1.34. The number of aromatic nitrogens is 2. The lowest BCUT2D eigenvalue weighted by molar-refractivity contribution is 0.540. The smallest absolute Gasteiger partial charge is 0.167 e. The van der Waals surface area contributed by atoms with Crippen molar-refractivity contribution in [1.29, 1.82) is 0 Å². The molecule has 0 saturated heterocycles. The minimum Gasteiger partial charge on any atom is -0.387 e. The van der Waals surface area contributed by atoms with Gasteiger partial charge in [-0.05, 0) is 28.1 Å². The third-order valence-corrected chi connectivity index (χ3v) is 3.20. The maximum atomic E-state index is 13.8. The van der Waals surface area contributed by atoms with Crippen molar-refractivity contribution >= 4 is 33.1 Å². The first kappa shape index (κ1) is 13.1. The van der Waals surface area contributed by atoms with E-state index in [-0.39, 0.29) is 21.6 Å². The highest BCUT2D eigenvalue weighted by atomic mass is 79.9. The van der Waals surface area contributed by atoms with E-state index in [0.717, 1.165) is 0 Å². The first-order valence-corrected chi connectivity index (χ1v) is 6.14. The van der Waals surface area contributed by atoms with Crippen LogP contribution in [0.4, 0.5) is 8.78 Å². The fraction of sp³-hybridized carbons (Fsp3) is 0.0909. The average Bonchev–Trinajstić information content (AvgIpc) is 2.78. The second-order valence-electron chi connectivity index (χ2n) is 3.56. The summed E-state index contributed by atoms with van der Waals surface area (Å²) >= 11 is 7.82. The second-order valence-corrected chi connectivity index (χ2v) is 4.86. The Morgan fingerprint density at radius 3 is 2.83 bits per heavy atom. The predicted octanol–water partition coefficient (Wildman–Crippen LogP) is 2.61. The molecular formula is C11H8BrF2N3S. The molecule has 0 fully saturated rings. The first-order chi connectivity index (χ1) is 8.50. The van der Waals surface area contributed by atoms with Crippen LogP contribution >= 0.6 is 28.1 Å². The molecular weight excluding hydrogens is 324 g/mol. The number of nitrogens with zero attached hydrogens (tertiary/aromatic N) is 2. The van der Waals surface area contributed by atoms with E-state index in [1.165, 1.54) is 22.9 Å². The molecule has 1 aromatic carbocycles. The van der Waals surface area contributed by atoms with Gasteiger partial charge in [0.15, 0.2) is 5.82 Å². The van der Waals surface area contributed by atoms with Crippen LogP contribution in [0.15, 0.2) is 29.0 Å². The molecule has 1 heterocycles. The van der Waals surface area contributed by atoms with Crippen LogP contribution < -0.4 is 5.73 Å². The standard InChI is InChI=1S/C11H8BrF2N3S/c12-7-1-2-8(13)6(9(7)14)5-17-4-3-16-11(17)10(15)18/h1-4H,5H2,(H2,15,18). The van der Waals surface area contributed by atoms with Crippen molar-refractivity contribution < 1.29 is 8.78 Å². The van der Waals surface area contributed by atoms with Gasteiger partial charge in [0.25, 0.3) is 0 Å². The Bertz CT molecular complexity index is 612. The van der Waals surface area contributed by atoms with E-state index in [2.05, 4.69) is 20.9 Å². The number of halogens is 3. The number of nitrogens with two attached hydrogens (primary N) is 1. The minimum atomic E-state index is -0.641. The first-order valence-electron chi connectivity index (χ1n) is 4.94. The number of rotatable bonds is 3. The zero-order valence-electron chi connectivity index (χ0n) is 9.03. The van der Waals surface area contributed by atoms with E-state index in [9.17, 15) is 8.78 Å². The van der Waals surface area contributed by atoms with Gasteiger partial charge in [0, 0.05) is 18.0 Å². The molecule has 0 atom stereocenters. The van der Waals surface area contributed by atoms with Crippen molar-refractivity contribution in [3.05, 3.63) is 52.0 Å². The number of imidazole rings is 1. The number of benzene rings is 1. The van der Waals surface area contributed by atoms with Gasteiger partial charge in [0.2, 0.25) is 0 Å². The Morgan fingerprint density at radius 2 is 2.17 bits per heavy atom. The largest absolute Gasteiger partial charge is 0.387 e. The molecule has 0 unspecified atom stereocenters. The van der Waals surface area contributed by atoms with Gasteiger partial charge >= 0.3 is 0 Å². The summed E-state index contributed by atoms with van der Waals surface area (Å²) < 4.78 is 29.1. The van der Waals surface area contributed by atoms with Gasteiger partial charge in [-0.1, -0.05) is 12.2 Å². The molecule has 0 aliphatic heterocycles. The topological polar surface area (TPSA) is 43.8 Å². The van der Waals surface area contributed by atoms with Crippen LogP contribution in [-0.2, 0) is 6.54 Å². The lowest BCUT2D eigenvalue weighted by atomic mass is 10.2. The predicted molar refractivity (Wildman–Crippen MR) is 71.3 cm³/mol.